The molecule has 0 spiro atoms. The Hall–Kier alpha value is -2.88. The Kier molecular flexibility index (Phi) is 5.75. The van der Waals surface area contributed by atoms with E-state index in [-0.39, 0.29) is 17.5 Å². The van der Waals surface area contributed by atoms with Gasteiger partial charge in [0.1, 0.15) is 11.3 Å². The molecular formula is C23H25NO3. The monoisotopic (exact) mass is 363 g/mol. The molecule has 1 aliphatic rings. The van der Waals surface area contributed by atoms with E-state index in [0.717, 1.165) is 29.5 Å². The fourth-order valence-electron chi connectivity index (χ4n) is 3.47. The van der Waals surface area contributed by atoms with E-state index in [1.165, 1.54) is 5.56 Å². The maximum absolute atomic E-state index is 11.6. The van der Waals surface area contributed by atoms with Gasteiger partial charge in [0.05, 0.1) is 6.04 Å². The Morgan fingerprint density at radius 2 is 1.81 bits per heavy atom. The van der Waals surface area contributed by atoms with Crippen molar-refractivity contribution >= 4 is 11.9 Å². The first kappa shape index (κ1) is 18.9. The molecule has 1 atom stereocenters. The third-order valence-corrected chi connectivity index (χ3v) is 4.77. The van der Waals surface area contributed by atoms with Gasteiger partial charge in [0, 0.05) is 0 Å². The highest BCUT2D eigenvalue weighted by atomic mass is 16.5. The maximum Gasteiger partial charge on any atom is 0.340 e. The Morgan fingerprint density at radius 3 is 2.44 bits per heavy atom. The normalized spacial score (nSPS) is 16.5. The average Bonchev–Trinajstić information content (AvgIpc) is 2.63. The van der Waals surface area contributed by atoms with E-state index in [2.05, 4.69) is 17.1 Å². The number of aliphatic imine (C=N–C) groups is 1. The highest BCUT2D eigenvalue weighted by molar-refractivity contribution is 6.16. The van der Waals surface area contributed by atoms with Gasteiger partial charge in [-0.3, -0.25) is 0 Å². The first-order valence-electron chi connectivity index (χ1n) is 9.25. The van der Waals surface area contributed by atoms with Crippen LogP contribution in [0.2, 0.25) is 0 Å². The number of carbonyl (C=O) groups is 1. The first-order chi connectivity index (χ1) is 12.9. The predicted molar refractivity (Wildman–Crippen MR) is 108 cm³/mol. The lowest BCUT2D eigenvalue weighted by atomic mass is 9.99. The lowest BCUT2D eigenvalue weighted by molar-refractivity contribution is -0.132. The van der Waals surface area contributed by atoms with E-state index in [9.17, 15) is 9.90 Å². The van der Waals surface area contributed by atoms with Crippen molar-refractivity contribution in [1.29, 1.82) is 0 Å². The molecule has 1 heterocycles. The zero-order chi connectivity index (χ0) is 19.4. The molecule has 0 fully saturated rings. The molecular weight excluding hydrogens is 338 g/mol. The van der Waals surface area contributed by atoms with E-state index >= 15 is 0 Å². The van der Waals surface area contributed by atoms with E-state index in [4.69, 9.17) is 4.74 Å². The second kappa shape index (κ2) is 8.21. The fraction of sp³-hybridized carbons (Fsp3) is 0.304. The molecule has 1 N–H and O–H groups in total. The molecule has 0 bridgehead atoms. The smallest absolute Gasteiger partial charge is 0.340 e. The number of rotatable bonds is 5. The molecule has 2 aromatic carbocycles. The van der Waals surface area contributed by atoms with E-state index in [1.807, 2.05) is 51.1 Å². The summed E-state index contributed by atoms with van der Waals surface area (Å²) in [6.45, 7) is 5.97. The molecule has 1 aliphatic heterocycles. The van der Waals surface area contributed by atoms with E-state index in [1.54, 1.807) is 6.08 Å². The van der Waals surface area contributed by atoms with Crippen LogP contribution in [0.4, 0.5) is 0 Å². The Bertz CT molecular complexity index is 874. The van der Waals surface area contributed by atoms with Crippen LogP contribution in [0, 0.1) is 20.8 Å². The van der Waals surface area contributed by atoms with Crippen LogP contribution in [-0.4, -0.2) is 23.0 Å². The molecule has 1 unspecified atom stereocenters. The second-order valence-electron chi connectivity index (χ2n) is 7.10. The number of aryl methyl sites for hydroxylation is 4. The summed E-state index contributed by atoms with van der Waals surface area (Å²) >= 11 is 0. The molecule has 3 rings (SSSR count). The summed E-state index contributed by atoms with van der Waals surface area (Å²) in [4.78, 5) is 16.3. The number of nitrogens with zero attached hydrogens (tertiary/aromatic N) is 1. The van der Waals surface area contributed by atoms with Crippen molar-refractivity contribution in [3.8, 4) is 5.75 Å². The van der Waals surface area contributed by atoms with Gasteiger partial charge in [-0.05, 0) is 56.7 Å². The zero-order valence-corrected chi connectivity index (χ0v) is 16.0. The Morgan fingerprint density at radius 1 is 1.15 bits per heavy atom. The van der Waals surface area contributed by atoms with Crippen molar-refractivity contribution in [3.63, 3.8) is 0 Å². The van der Waals surface area contributed by atoms with Gasteiger partial charge in [0.2, 0.25) is 5.90 Å². The van der Waals surface area contributed by atoms with Crippen molar-refractivity contribution in [2.24, 2.45) is 4.99 Å². The molecule has 0 radical (unpaired) electrons. The van der Waals surface area contributed by atoms with Gasteiger partial charge < -0.3 is 9.84 Å². The third-order valence-electron chi connectivity index (χ3n) is 4.77. The molecule has 0 aromatic heterocycles. The van der Waals surface area contributed by atoms with E-state index in [0.29, 0.717) is 12.2 Å². The number of ether oxygens (including phenoxy) is 1. The number of carboxylic acids is 1. The minimum Gasteiger partial charge on any atom is -0.478 e. The molecule has 4 nitrogen and oxygen atoms in total. The molecule has 27 heavy (non-hydrogen) atoms. The van der Waals surface area contributed by atoms with Gasteiger partial charge in [-0.1, -0.05) is 54.1 Å². The van der Waals surface area contributed by atoms with Gasteiger partial charge >= 0.3 is 5.97 Å². The maximum atomic E-state index is 11.6. The SMILES string of the molecule is Cc1cc(C)c(OC2=NC(CCc3ccccc3)CC=C2C(=O)O)c(C)c1. The predicted octanol–water partition coefficient (Wildman–Crippen LogP) is 4.81. The van der Waals surface area contributed by atoms with Gasteiger partial charge in [0.15, 0.2) is 0 Å². The molecule has 2 aromatic rings. The standard InChI is InChI=1S/C23H25NO3/c1-15-13-16(2)21(17(3)14-15)27-22-20(23(25)26)12-11-19(24-22)10-9-18-7-5-4-6-8-18/h4-8,12-14,19H,9-11H2,1-3H3,(H,25,26). The molecule has 4 heteroatoms. The summed E-state index contributed by atoms with van der Waals surface area (Å²) in [6.07, 6.45) is 4.11. The number of dihydropyridines is 1. The molecule has 0 saturated carbocycles. The Labute approximate surface area is 160 Å². The minimum absolute atomic E-state index is 0.0226. The number of benzene rings is 2. The van der Waals surface area contributed by atoms with Crippen molar-refractivity contribution in [2.45, 2.75) is 46.1 Å². The summed E-state index contributed by atoms with van der Waals surface area (Å²) in [5.74, 6) is -0.102. The minimum atomic E-state index is -1.00. The van der Waals surface area contributed by atoms with Crippen LogP contribution in [0.5, 0.6) is 5.75 Å². The molecule has 0 saturated heterocycles. The van der Waals surface area contributed by atoms with Crippen LogP contribution < -0.4 is 4.74 Å². The van der Waals surface area contributed by atoms with Crippen LogP contribution in [0.3, 0.4) is 0 Å². The average molecular weight is 363 g/mol. The lowest BCUT2D eigenvalue weighted by Gasteiger charge is -2.21. The van der Waals surface area contributed by atoms with Crippen molar-refractivity contribution < 1.29 is 14.6 Å². The van der Waals surface area contributed by atoms with Crippen molar-refractivity contribution in [3.05, 3.63) is 76.4 Å². The van der Waals surface area contributed by atoms with Crippen LogP contribution in [0.1, 0.15) is 35.1 Å². The van der Waals surface area contributed by atoms with Crippen LogP contribution in [-0.2, 0) is 11.2 Å². The largest absolute Gasteiger partial charge is 0.478 e. The highest BCUT2D eigenvalue weighted by Crippen LogP contribution is 2.27. The summed E-state index contributed by atoms with van der Waals surface area (Å²) in [5.41, 5.74) is 4.51. The molecule has 140 valence electrons. The lowest BCUT2D eigenvalue weighted by Crippen LogP contribution is -2.26. The van der Waals surface area contributed by atoms with E-state index < -0.39 is 5.97 Å². The number of hydrogen-bond acceptors (Lipinski definition) is 3. The number of hydrogen-bond donors (Lipinski definition) is 1. The summed E-state index contributed by atoms with van der Waals surface area (Å²) in [7, 11) is 0. The van der Waals surface area contributed by atoms with Gasteiger partial charge in [0.25, 0.3) is 0 Å². The molecule has 0 aliphatic carbocycles. The topological polar surface area (TPSA) is 58.9 Å². The quantitative estimate of drug-likeness (QED) is 0.830. The Balaban J connectivity index is 1.81. The van der Waals surface area contributed by atoms with Crippen LogP contribution in [0.25, 0.3) is 0 Å². The van der Waals surface area contributed by atoms with Crippen LogP contribution in [0.15, 0.2) is 59.1 Å². The number of aliphatic carboxylic acids is 1. The van der Waals surface area contributed by atoms with Gasteiger partial charge in [-0.2, -0.15) is 0 Å². The second-order valence-corrected chi connectivity index (χ2v) is 7.10. The summed E-state index contributed by atoms with van der Waals surface area (Å²) in [6, 6.07) is 14.3. The van der Waals surface area contributed by atoms with Gasteiger partial charge in [-0.25, -0.2) is 9.79 Å². The van der Waals surface area contributed by atoms with Crippen LogP contribution >= 0.6 is 0 Å². The summed E-state index contributed by atoms with van der Waals surface area (Å²) < 4.78 is 6.03. The zero-order valence-electron chi connectivity index (χ0n) is 16.0. The third kappa shape index (κ3) is 4.64. The number of carboxylic acid groups (broad SMARTS) is 1. The summed E-state index contributed by atoms with van der Waals surface area (Å²) in [5, 5.41) is 9.53. The molecule has 0 amide bonds. The first-order valence-corrected chi connectivity index (χ1v) is 9.25. The van der Waals surface area contributed by atoms with Crippen molar-refractivity contribution in [1.82, 2.24) is 0 Å². The highest BCUT2D eigenvalue weighted by Gasteiger charge is 2.25. The van der Waals surface area contributed by atoms with Gasteiger partial charge in [-0.15, -0.1) is 0 Å². The van der Waals surface area contributed by atoms with Crippen molar-refractivity contribution in [2.75, 3.05) is 0 Å². The fourth-order valence-corrected chi connectivity index (χ4v) is 3.47.